The van der Waals surface area contributed by atoms with E-state index in [0.717, 1.165) is 5.82 Å². The summed E-state index contributed by atoms with van der Waals surface area (Å²) in [5.74, 6) is 2.64. The van der Waals surface area contributed by atoms with Gasteiger partial charge in [-0.1, -0.05) is 23.9 Å². The summed E-state index contributed by atoms with van der Waals surface area (Å²) in [6.45, 7) is 0. The fraction of sp³-hybridized carbons (Fsp3) is 0.0667. The van der Waals surface area contributed by atoms with Crippen LogP contribution in [0.1, 0.15) is 5.82 Å². The Balaban J connectivity index is 1.50. The number of halogens is 1. The van der Waals surface area contributed by atoms with Crippen LogP contribution in [0.4, 0.5) is 4.39 Å². The number of H-pyrrole nitrogens is 2. The lowest BCUT2D eigenvalue weighted by Crippen LogP contribution is -1.84. The zero-order chi connectivity index (χ0) is 16.4. The van der Waals surface area contributed by atoms with Crippen LogP contribution < -0.4 is 0 Å². The third-order valence-corrected chi connectivity index (χ3v) is 4.07. The highest BCUT2D eigenvalue weighted by atomic mass is 32.2. The van der Waals surface area contributed by atoms with Gasteiger partial charge in [-0.3, -0.25) is 10.2 Å². The standard InChI is InChI=1S/C15H11FN6OS/c16-10-3-1-2-9(6-10)11-4-5-12(23-11)14-19-15(22-21-14)24-7-13-17-8-18-20-13/h1-6,8H,7H2,(H,17,18,20)(H,19,21,22). The molecule has 2 N–H and O–H groups in total. The van der Waals surface area contributed by atoms with E-state index in [2.05, 4.69) is 30.4 Å². The molecule has 4 aromatic rings. The minimum atomic E-state index is -0.309. The van der Waals surface area contributed by atoms with Gasteiger partial charge in [-0.05, 0) is 24.3 Å². The first-order chi connectivity index (χ1) is 11.8. The van der Waals surface area contributed by atoms with E-state index in [9.17, 15) is 4.39 Å². The van der Waals surface area contributed by atoms with Gasteiger partial charge in [0.1, 0.15) is 23.7 Å². The molecule has 3 heterocycles. The molecule has 0 unspecified atom stereocenters. The lowest BCUT2D eigenvalue weighted by molar-refractivity contribution is 0.589. The third kappa shape index (κ3) is 3.06. The van der Waals surface area contributed by atoms with Crippen LogP contribution in [0.5, 0.6) is 0 Å². The van der Waals surface area contributed by atoms with Gasteiger partial charge < -0.3 is 4.42 Å². The molecular formula is C15H11FN6OS. The summed E-state index contributed by atoms with van der Waals surface area (Å²) >= 11 is 1.42. The maximum atomic E-state index is 13.3. The van der Waals surface area contributed by atoms with Crippen LogP contribution in [0.15, 0.2) is 52.3 Å². The van der Waals surface area contributed by atoms with E-state index in [-0.39, 0.29) is 5.82 Å². The Morgan fingerprint density at radius 2 is 2.04 bits per heavy atom. The lowest BCUT2D eigenvalue weighted by Gasteiger charge is -1.96. The van der Waals surface area contributed by atoms with E-state index in [1.165, 1.54) is 30.2 Å². The fourth-order valence-corrected chi connectivity index (χ4v) is 2.79. The van der Waals surface area contributed by atoms with Crippen LogP contribution in [0, 0.1) is 5.82 Å². The molecule has 0 fully saturated rings. The van der Waals surface area contributed by atoms with Gasteiger partial charge in [0.05, 0.1) is 5.75 Å². The number of nitrogens with zero attached hydrogens (tertiary/aromatic N) is 4. The molecule has 0 amide bonds. The molecule has 1 aromatic carbocycles. The Morgan fingerprint density at radius 1 is 1.12 bits per heavy atom. The van der Waals surface area contributed by atoms with E-state index in [1.807, 2.05) is 0 Å². The number of rotatable bonds is 5. The molecule has 0 saturated carbocycles. The SMILES string of the molecule is Fc1cccc(-c2ccc(-c3nc(SCc4ncn[nH]4)n[nH]3)o2)c1. The number of furan rings is 1. The van der Waals surface area contributed by atoms with Crippen LogP contribution in [0.25, 0.3) is 22.9 Å². The third-order valence-electron chi connectivity index (χ3n) is 3.22. The molecule has 0 aliphatic heterocycles. The molecule has 3 aromatic heterocycles. The van der Waals surface area contributed by atoms with Gasteiger partial charge in [0.2, 0.25) is 5.16 Å². The molecule has 0 radical (unpaired) electrons. The van der Waals surface area contributed by atoms with Gasteiger partial charge in [-0.25, -0.2) is 9.37 Å². The monoisotopic (exact) mass is 342 g/mol. The average molecular weight is 342 g/mol. The first-order valence-electron chi connectivity index (χ1n) is 7.03. The molecule has 0 spiro atoms. The second-order valence-corrected chi connectivity index (χ2v) is 5.80. The van der Waals surface area contributed by atoms with Gasteiger partial charge in [-0.15, -0.1) is 5.10 Å². The predicted octanol–water partition coefficient (Wildman–Crippen LogP) is 3.28. The average Bonchev–Trinajstić information content (AvgIpc) is 3.33. The van der Waals surface area contributed by atoms with E-state index < -0.39 is 0 Å². The van der Waals surface area contributed by atoms with Crippen molar-refractivity contribution in [2.45, 2.75) is 10.9 Å². The molecular weight excluding hydrogens is 331 g/mol. The number of hydrogen-bond acceptors (Lipinski definition) is 6. The second-order valence-electron chi connectivity index (χ2n) is 4.86. The van der Waals surface area contributed by atoms with Crippen LogP contribution in [0.2, 0.25) is 0 Å². The van der Waals surface area contributed by atoms with Crippen molar-refractivity contribution in [3.63, 3.8) is 0 Å². The first kappa shape index (κ1) is 14.6. The highest BCUT2D eigenvalue weighted by Gasteiger charge is 2.12. The number of hydrogen-bond donors (Lipinski definition) is 2. The number of aromatic nitrogens is 6. The minimum absolute atomic E-state index is 0.309. The maximum absolute atomic E-state index is 13.3. The topological polar surface area (TPSA) is 96.3 Å². The summed E-state index contributed by atoms with van der Waals surface area (Å²) in [5, 5.41) is 14.1. The van der Waals surface area contributed by atoms with E-state index >= 15 is 0 Å². The Hall–Kier alpha value is -2.94. The molecule has 0 saturated heterocycles. The summed E-state index contributed by atoms with van der Waals surface area (Å²) in [7, 11) is 0. The smallest absolute Gasteiger partial charge is 0.209 e. The summed E-state index contributed by atoms with van der Waals surface area (Å²) in [6.07, 6.45) is 1.45. The molecule has 0 bridgehead atoms. The van der Waals surface area contributed by atoms with Crippen molar-refractivity contribution in [1.82, 2.24) is 30.4 Å². The molecule has 24 heavy (non-hydrogen) atoms. The van der Waals surface area contributed by atoms with Crippen molar-refractivity contribution in [2.75, 3.05) is 0 Å². The van der Waals surface area contributed by atoms with Crippen LogP contribution in [0.3, 0.4) is 0 Å². The number of nitrogens with one attached hydrogen (secondary N) is 2. The Bertz CT molecular complexity index is 948. The maximum Gasteiger partial charge on any atom is 0.209 e. The highest BCUT2D eigenvalue weighted by molar-refractivity contribution is 7.98. The van der Waals surface area contributed by atoms with Crippen LogP contribution in [-0.4, -0.2) is 30.4 Å². The largest absolute Gasteiger partial charge is 0.453 e. The molecule has 0 aliphatic carbocycles. The minimum Gasteiger partial charge on any atom is -0.453 e. The van der Waals surface area contributed by atoms with Crippen LogP contribution in [-0.2, 0) is 5.75 Å². The van der Waals surface area contributed by atoms with E-state index in [0.29, 0.717) is 33.8 Å². The Labute approximate surface area is 139 Å². The van der Waals surface area contributed by atoms with Gasteiger partial charge in [0.15, 0.2) is 11.6 Å². The summed E-state index contributed by atoms with van der Waals surface area (Å²) in [6, 6.07) is 9.77. The van der Waals surface area contributed by atoms with Crippen molar-refractivity contribution >= 4 is 11.8 Å². The van der Waals surface area contributed by atoms with Gasteiger partial charge in [0, 0.05) is 5.56 Å². The van der Waals surface area contributed by atoms with E-state index in [1.54, 1.807) is 24.3 Å². The number of thioether (sulfide) groups is 1. The van der Waals surface area contributed by atoms with E-state index in [4.69, 9.17) is 4.42 Å². The summed E-state index contributed by atoms with van der Waals surface area (Å²) in [4.78, 5) is 8.41. The highest BCUT2D eigenvalue weighted by Crippen LogP contribution is 2.28. The molecule has 120 valence electrons. The molecule has 4 rings (SSSR count). The van der Waals surface area contributed by atoms with Crippen LogP contribution >= 0.6 is 11.8 Å². The summed E-state index contributed by atoms with van der Waals surface area (Å²) < 4.78 is 19.0. The number of benzene rings is 1. The van der Waals surface area contributed by atoms with Gasteiger partial charge in [-0.2, -0.15) is 10.1 Å². The van der Waals surface area contributed by atoms with Crippen molar-refractivity contribution in [3.05, 3.63) is 54.4 Å². The molecule has 0 atom stereocenters. The number of aromatic amines is 2. The fourth-order valence-electron chi connectivity index (χ4n) is 2.12. The molecule has 7 nitrogen and oxygen atoms in total. The van der Waals surface area contributed by atoms with Gasteiger partial charge in [0.25, 0.3) is 0 Å². The van der Waals surface area contributed by atoms with Crippen molar-refractivity contribution in [2.24, 2.45) is 0 Å². The second kappa shape index (κ2) is 6.28. The normalized spacial score (nSPS) is 11.0. The lowest BCUT2D eigenvalue weighted by atomic mass is 10.2. The molecule has 9 heteroatoms. The zero-order valence-corrected chi connectivity index (χ0v) is 13.0. The quantitative estimate of drug-likeness (QED) is 0.540. The Kier molecular flexibility index (Phi) is 3.83. The zero-order valence-electron chi connectivity index (χ0n) is 12.2. The van der Waals surface area contributed by atoms with Crippen molar-refractivity contribution in [1.29, 1.82) is 0 Å². The molecule has 0 aliphatic rings. The Morgan fingerprint density at radius 3 is 2.88 bits per heavy atom. The summed E-state index contributed by atoms with van der Waals surface area (Å²) in [5.41, 5.74) is 0.667. The predicted molar refractivity (Wildman–Crippen MR) is 85.4 cm³/mol. The van der Waals surface area contributed by atoms with Gasteiger partial charge >= 0.3 is 0 Å². The van der Waals surface area contributed by atoms with Crippen molar-refractivity contribution in [3.8, 4) is 22.9 Å². The first-order valence-corrected chi connectivity index (χ1v) is 8.02. The van der Waals surface area contributed by atoms with Crippen molar-refractivity contribution < 1.29 is 8.81 Å².